The topological polar surface area (TPSA) is 47.4 Å². The van der Waals surface area contributed by atoms with Crippen molar-refractivity contribution in [2.24, 2.45) is 10.9 Å². The monoisotopic (exact) mass is 644 g/mol. The number of nitrogens with one attached hydrogen (secondary N) is 1. The molecule has 5 nitrogen and oxygen atoms in total. The first-order valence-electron chi connectivity index (χ1n) is 17.4. The molecule has 6 aromatic carbocycles. The van der Waals surface area contributed by atoms with E-state index in [9.17, 15) is 0 Å². The standard InChI is InChI=1S/C45H32N4O/c1-27-23-39-36(32-18-7-10-20-37(32)48(39)30-15-3-2-4-16-30)26-34(27)44-46-42-33-19-9-12-22-41(33)50-43(42)45(47-44)49-38-21-11-8-17-31(38)35-24-28-13-5-6-14-29(28)25-40(35)49/h2-22,24-27,45H,23H2,1H3,(H,46,47). The third kappa shape index (κ3) is 3.86. The fourth-order valence-corrected chi connectivity index (χ4v) is 8.53. The minimum Gasteiger partial charge on any atom is -0.454 e. The highest BCUT2D eigenvalue weighted by molar-refractivity contribution is 6.14. The Balaban J connectivity index is 1.16. The van der Waals surface area contributed by atoms with Crippen LogP contribution in [0.25, 0.3) is 66.2 Å². The lowest BCUT2D eigenvalue weighted by molar-refractivity contribution is 0.439. The van der Waals surface area contributed by atoms with Gasteiger partial charge in [-0.05, 0) is 83.3 Å². The van der Waals surface area contributed by atoms with Crippen LogP contribution in [-0.2, 0) is 6.42 Å². The lowest BCUT2D eigenvalue weighted by Gasteiger charge is -2.31. The SMILES string of the molecule is CC1Cc2c(c3ccccc3n2-c2ccccc2)C=C1C1=Nc2c(oc3ccccc23)C(n2c3ccccc3c3cc4ccccc4cc32)N1. The van der Waals surface area contributed by atoms with E-state index in [0.29, 0.717) is 0 Å². The van der Waals surface area contributed by atoms with E-state index in [-0.39, 0.29) is 12.1 Å². The van der Waals surface area contributed by atoms with Crippen molar-refractivity contribution in [2.45, 2.75) is 19.5 Å². The molecule has 11 rings (SSSR count). The maximum atomic E-state index is 6.73. The number of para-hydroxylation sites is 4. The molecule has 2 unspecified atom stereocenters. The van der Waals surface area contributed by atoms with Gasteiger partial charge in [0, 0.05) is 38.5 Å². The number of aromatic nitrogens is 2. The number of benzene rings is 6. The van der Waals surface area contributed by atoms with Gasteiger partial charge in [-0.3, -0.25) is 0 Å². The molecule has 2 atom stereocenters. The smallest absolute Gasteiger partial charge is 0.174 e. The summed E-state index contributed by atoms with van der Waals surface area (Å²) in [7, 11) is 0. The van der Waals surface area contributed by atoms with Gasteiger partial charge in [-0.15, -0.1) is 0 Å². The number of furan rings is 1. The van der Waals surface area contributed by atoms with Gasteiger partial charge in [0.05, 0.1) is 16.6 Å². The minimum absolute atomic E-state index is 0.225. The number of aliphatic imine (C=N–C) groups is 1. The lowest BCUT2D eigenvalue weighted by Crippen LogP contribution is -2.38. The van der Waals surface area contributed by atoms with Crippen LogP contribution in [0.15, 0.2) is 155 Å². The highest BCUT2D eigenvalue weighted by Gasteiger charge is 2.35. The van der Waals surface area contributed by atoms with Gasteiger partial charge < -0.3 is 18.9 Å². The molecular weight excluding hydrogens is 613 g/mol. The molecule has 3 aromatic heterocycles. The molecule has 0 fully saturated rings. The molecule has 4 heterocycles. The Labute approximate surface area is 288 Å². The third-order valence-electron chi connectivity index (χ3n) is 10.8. The molecule has 5 heteroatoms. The van der Waals surface area contributed by atoms with Crippen molar-refractivity contribution in [1.82, 2.24) is 14.5 Å². The fraction of sp³-hybridized carbons (Fsp3) is 0.0889. The Kier molecular flexibility index (Phi) is 5.71. The molecule has 0 spiro atoms. The number of hydrogen-bond donors (Lipinski definition) is 1. The van der Waals surface area contributed by atoms with Crippen LogP contribution in [0.5, 0.6) is 0 Å². The fourth-order valence-electron chi connectivity index (χ4n) is 8.53. The summed E-state index contributed by atoms with van der Waals surface area (Å²) in [6.45, 7) is 2.33. The summed E-state index contributed by atoms with van der Waals surface area (Å²) in [6, 6.07) is 49.8. The largest absolute Gasteiger partial charge is 0.454 e. The number of rotatable bonds is 3. The summed E-state index contributed by atoms with van der Waals surface area (Å²) in [5, 5.41) is 11.2. The van der Waals surface area contributed by atoms with Crippen LogP contribution in [0.2, 0.25) is 0 Å². The Morgan fingerprint density at radius 3 is 2.18 bits per heavy atom. The molecule has 0 radical (unpaired) electrons. The molecule has 9 aromatic rings. The molecule has 1 aliphatic carbocycles. The van der Waals surface area contributed by atoms with Gasteiger partial charge in [-0.2, -0.15) is 0 Å². The van der Waals surface area contributed by atoms with E-state index in [1.54, 1.807) is 0 Å². The summed E-state index contributed by atoms with van der Waals surface area (Å²) in [5.41, 5.74) is 10.3. The predicted molar refractivity (Wildman–Crippen MR) is 206 cm³/mol. The highest BCUT2D eigenvalue weighted by atomic mass is 16.3. The van der Waals surface area contributed by atoms with Crippen molar-refractivity contribution < 1.29 is 4.42 Å². The second-order valence-electron chi connectivity index (χ2n) is 13.7. The van der Waals surface area contributed by atoms with E-state index < -0.39 is 0 Å². The molecule has 238 valence electrons. The van der Waals surface area contributed by atoms with Gasteiger partial charge in [-0.25, -0.2) is 4.99 Å². The zero-order valence-electron chi connectivity index (χ0n) is 27.5. The number of hydrogen-bond acceptors (Lipinski definition) is 3. The highest BCUT2D eigenvalue weighted by Crippen LogP contribution is 2.46. The second-order valence-corrected chi connectivity index (χ2v) is 13.7. The van der Waals surface area contributed by atoms with Crippen molar-refractivity contribution in [3.8, 4) is 5.69 Å². The third-order valence-corrected chi connectivity index (χ3v) is 10.8. The summed E-state index contributed by atoms with van der Waals surface area (Å²) in [4.78, 5) is 5.42. The number of amidine groups is 1. The molecule has 1 N–H and O–H groups in total. The van der Waals surface area contributed by atoms with Crippen LogP contribution >= 0.6 is 0 Å². The van der Waals surface area contributed by atoms with E-state index >= 15 is 0 Å². The summed E-state index contributed by atoms with van der Waals surface area (Å²) >= 11 is 0. The van der Waals surface area contributed by atoms with Crippen molar-refractivity contribution >= 4 is 72.0 Å². The first kappa shape index (κ1) is 27.6. The maximum Gasteiger partial charge on any atom is 0.174 e. The Morgan fingerprint density at radius 1 is 0.660 bits per heavy atom. The van der Waals surface area contributed by atoms with Crippen LogP contribution in [0, 0.1) is 5.92 Å². The molecular formula is C45H32N4O. The molecule has 0 saturated heterocycles. The van der Waals surface area contributed by atoms with Gasteiger partial charge in [0.25, 0.3) is 0 Å². The quantitative estimate of drug-likeness (QED) is 0.208. The zero-order valence-corrected chi connectivity index (χ0v) is 27.5. The Morgan fingerprint density at radius 2 is 1.34 bits per heavy atom. The van der Waals surface area contributed by atoms with Crippen LogP contribution in [0.3, 0.4) is 0 Å². The van der Waals surface area contributed by atoms with Gasteiger partial charge >= 0.3 is 0 Å². The molecule has 2 aliphatic rings. The molecule has 0 amide bonds. The summed E-state index contributed by atoms with van der Waals surface area (Å²) < 4.78 is 11.6. The zero-order chi connectivity index (χ0) is 32.9. The van der Waals surface area contributed by atoms with Crippen molar-refractivity contribution in [3.63, 3.8) is 0 Å². The maximum absolute atomic E-state index is 6.73. The lowest BCUT2D eigenvalue weighted by atomic mass is 9.86. The predicted octanol–water partition coefficient (Wildman–Crippen LogP) is 11.1. The van der Waals surface area contributed by atoms with Crippen LogP contribution in [0.4, 0.5) is 5.69 Å². The number of fused-ring (bicyclic) bond motifs is 10. The van der Waals surface area contributed by atoms with E-state index in [4.69, 9.17) is 9.41 Å². The van der Waals surface area contributed by atoms with E-state index in [1.807, 2.05) is 12.1 Å². The molecule has 0 bridgehead atoms. The first-order valence-corrected chi connectivity index (χ1v) is 17.4. The first-order chi connectivity index (χ1) is 24.7. The molecule has 0 saturated carbocycles. The van der Waals surface area contributed by atoms with E-state index in [2.05, 4.69) is 155 Å². The van der Waals surface area contributed by atoms with Crippen molar-refractivity contribution in [1.29, 1.82) is 0 Å². The van der Waals surface area contributed by atoms with E-state index in [0.717, 1.165) is 45.7 Å². The van der Waals surface area contributed by atoms with Crippen LogP contribution < -0.4 is 5.32 Å². The van der Waals surface area contributed by atoms with Crippen molar-refractivity contribution in [2.75, 3.05) is 0 Å². The summed E-state index contributed by atoms with van der Waals surface area (Å²) in [5.74, 6) is 1.95. The minimum atomic E-state index is -0.311. The van der Waals surface area contributed by atoms with Crippen LogP contribution in [-0.4, -0.2) is 15.0 Å². The second kappa shape index (κ2) is 10.3. The Hall–Kier alpha value is -6.33. The van der Waals surface area contributed by atoms with Gasteiger partial charge in [0.15, 0.2) is 11.9 Å². The normalized spacial score (nSPS) is 17.2. The Bertz CT molecular complexity index is 2900. The number of nitrogens with zero attached hydrogens (tertiary/aromatic N) is 3. The molecule has 1 aliphatic heterocycles. The van der Waals surface area contributed by atoms with Gasteiger partial charge in [0.1, 0.15) is 17.1 Å². The summed E-state index contributed by atoms with van der Waals surface area (Å²) in [6.07, 6.45) is 2.98. The van der Waals surface area contributed by atoms with Gasteiger partial charge in [0.2, 0.25) is 0 Å². The average Bonchev–Trinajstić information content (AvgIpc) is 3.81. The van der Waals surface area contributed by atoms with Gasteiger partial charge in [-0.1, -0.05) is 97.9 Å². The van der Waals surface area contributed by atoms with Crippen LogP contribution in [0.1, 0.15) is 30.1 Å². The van der Waals surface area contributed by atoms with E-state index in [1.165, 1.54) is 55.0 Å². The average molecular weight is 645 g/mol. The molecule has 50 heavy (non-hydrogen) atoms. The van der Waals surface area contributed by atoms with Crippen molar-refractivity contribution in [3.05, 3.63) is 162 Å².